The van der Waals surface area contributed by atoms with Crippen LogP contribution >= 0.6 is 11.6 Å². The van der Waals surface area contributed by atoms with Gasteiger partial charge in [0, 0.05) is 18.5 Å². The number of nitrogen functional groups attached to an aromatic ring is 1. The molecule has 0 saturated carbocycles. The Balaban J connectivity index is 2.02. The average Bonchev–Trinajstić information content (AvgIpc) is 2.57. The van der Waals surface area contributed by atoms with Crippen molar-refractivity contribution < 1.29 is 0 Å². The zero-order valence-electron chi connectivity index (χ0n) is 9.02. The van der Waals surface area contributed by atoms with Crippen molar-refractivity contribution in [2.75, 3.05) is 5.73 Å². The largest absolute Gasteiger partial charge is 0.366 e. The van der Waals surface area contributed by atoms with E-state index in [0.29, 0.717) is 5.95 Å². The van der Waals surface area contributed by atoms with Crippen LogP contribution in [-0.4, -0.2) is 14.8 Å². The van der Waals surface area contributed by atoms with Crippen LogP contribution in [0.5, 0.6) is 0 Å². The molecule has 0 unspecified atom stereocenters. The lowest BCUT2D eigenvalue weighted by Crippen LogP contribution is -2.01. The molecule has 84 valence electrons. The van der Waals surface area contributed by atoms with Crippen molar-refractivity contribution in [3.05, 3.63) is 40.7 Å². The van der Waals surface area contributed by atoms with E-state index in [-0.39, 0.29) is 0 Å². The number of nitrogens with two attached hydrogens (primary N) is 1. The van der Waals surface area contributed by atoms with Crippen molar-refractivity contribution in [3.63, 3.8) is 0 Å². The molecule has 4 nitrogen and oxygen atoms in total. The molecule has 1 aromatic heterocycles. The standard InChI is InChI=1S/C11H13ClN4/c1-16-10(14-11(13)15-16)7-4-8-2-5-9(12)6-3-8/h2-3,5-6H,4,7H2,1H3,(H2,13,15). The molecule has 0 saturated heterocycles. The average molecular weight is 237 g/mol. The van der Waals surface area contributed by atoms with E-state index < -0.39 is 0 Å². The van der Waals surface area contributed by atoms with E-state index in [1.165, 1.54) is 5.56 Å². The van der Waals surface area contributed by atoms with Gasteiger partial charge in [-0.3, -0.25) is 4.68 Å². The van der Waals surface area contributed by atoms with Gasteiger partial charge in [-0.25, -0.2) is 0 Å². The highest BCUT2D eigenvalue weighted by Crippen LogP contribution is 2.11. The third kappa shape index (κ3) is 2.52. The van der Waals surface area contributed by atoms with E-state index in [4.69, 9.17) is 17.3 Å². The van der Waals surface area contributed by atoms with Gasteiger partial charge in [-0.05, 0) is 24.1 Å². The third-order valence-electron chi connectivity index (χ3n) is 2.42. The molecule has 0 spiro atoms. The maximum atomic E-state index is 5.81. The van der Waals surface area contributed by atoms with Crippen LogP contribution in [0.25, 0.3) is 0 Å². The first-order valence-electron chi connectivity index (χ1n) is 5.05. The molecule has 1 aromatic carbocycles. The summed E-state index contributed by atoms with van der Waals surface area (Å²) in [6, 6.07) is 7.81. The van der Waals surface area contributed by atoms with Gasteiger partial charge in [0.25, 0.3) is 0 Å². The van der Waals surface area contributed by atoms with Crippen molar-refractivity contribution in [2.45, 2.75) is 12.8 Å². The number of benzene rings is 1. The van der Waals surface area contributed by atoms with Gasteiger partial charge in [0.2, 0.25) is 5.95 Å². The van der Waals surface area contributed by atoms with Gasteiger partial charge < -0.3 is 5.73 Å². The van der Waals surface area contributed by atoms with Crippen LogP contribution in [-0.2, 0) is 19.9 Å². The Bertz CT molecular complexity index is 475. The molecule has 0 aliphatic carbocycles. The molecule has 2 rings (SSSR count). The second kappa shape index (κ2) is 4.53. The molecule has 0 fully saturated rings. The number of halogens is 1. The van der Waals surface area contributed by atoms with E-state index in [1.54, 1.807) is 4.68 Å². The maximum Gasteiger partial charge on any atom is 0.239 e. The minimum Gasteiger partial charge on any atom is -0.366 e. The number of aryl methyl sites for hydroxylation is 3. The molecule has 0 aliphatic rings. The molecular weight excluding hydrogens is 224 g/mol. The molecular formula is C11H13ClN4. The highest BCUT2D eigenvalue weighted by molar-refractivity contribution is 6.30. The number of hydrogen-bond acceptors (Lipinski definition) is 3. The minimum absolute atomic E-state index is 0.327. The summed E-state index contributed by atoms with van der Waals surface area (Å²) in [6.45, 7) is 0. The molecule has 2 aromatic rings. The van der Waals surface area contributed by atoms with E-state index in [9.17, 15) is 0 Å². The second-order valence-corrected chi connectivity index (χ2v) is 4.07. The van der Waals surface area contributed by atoms with E-state index in [2.05, 4.69) is 10.1 Å². The first kappa shape index (κ1) is 11.0. The highest BCUT2D eigenvalue weighted by atomic mass is 35.5. The van der Waals surface area contributed by atoms with E-state index in [1.807, 2.05) is 31.3 Å². The lowest BCUT2D eigenvalue weighted by atomic mass is 10.1. The summed E-state index contributed by atoms with van der Waals surface area (Å²) in [5, 5.41) is 4.76. The Labute approximate surface area is 99.1 Å². The first-order valence-corrected chi connectivity index (χ1v) is 5.43. The summed E-state index contributed by atoms with van der Waals surface area (Å²) in [5.41, 5.74) is 6.74. The monoisotopic (exact) mass is 236 g/mol. The lowest BCUT2D eigenvalue weighted by Gasteiger charge is -2.01. The predicted molar refractivity (Wildman–Crippen MR) is 64.3 cm³/mol. The SMILES string of the molecule is Cn1nc(N)nc1CCc1ccc(Cl)cc1. The van der Waals surface area contributed by atoms with Crippen LogP contribution in [0.4, 0.5) is 5.95 Å². The van der Waals surface area contributed by atoms with Crippen LogP contribution < -0.4 is 5.73 Å². The number of nitrogens with zero attached hydrogens (tertiary/aromatic N) is 3. The number of anilines is 1. The molecule has 0 amide bonds. The van der Waals surface area contributed by atoms with Crippen molar-refractivity contribution >= 4 is 17.5 Å². The van der Waals surface area contributed by atoms with Crippen molar-refractivity contribution in [1.29, 1.82) is 0 Å². The van der Waals surface area contributed by atoms with Gasteiger partial charge >= 0.3 is 0 Å². The molecule has 0 aliphatic heterocycles. The third-order valence-corrected chi connectivity index (χ3v) is 2.67. The number of hydrogen-bond donors (Lipinski definition) is 1. The molecule has 2 N–H and O–H groups in total. The highest BCUT2D eigenvalue weighted by Gasteiger charge is 2.04. The van der Waals surface area contributed by atoms with Crippen molar-refractivity contribution in [2.24, 2.45) is 7.05 Å². The topological polar surface area (TPSA) is 56.7 Å². The zero-order valence-corrected chi connectivity index (χ0v) is 9.78. The summed E-state index contributed by atoms with van der Waals surface area (Å²) < 4.78 is 1.71. The van der Waals surface area contributed by atoms with Crippen LogP contribution in [0.1, 0.15) is 11.4 Å². The number of aromatic nitrogens is 3. The van der Waals surface area contributed by atoms with Crippen LogP contribution in [0.3, 0.4) is 0 Å². The minimum atomic E-state index is 0.327. The molecule has 16 heavy (non-hydrogen) atoms. The van der Waals surface area contributed by atoms with E-state index in [0.717, 1.165) is 23.7 Å². The Kier molecular flexibility index (Phi) is 3.10. The summed E-state index contributed by atoms with van der Waals surface area (Å²) >= 11 is 5.81. The summed E-state index contributed by atoms with van der Waals surface area (Å²) in [6.07, 6.45) is 1.73. The Morgan fingerprint density at radius 3 is 2.50 bits per heavy atom. The fourth-order valence-electron chi connectivity index (χ4n) is 1.56. The van der Waals surface area contributed by atoms with Gasteiger partial charge in [-0.15, -0.1) is 5.10 Å². The molecule has 0 atom stereocenters. The quantitative estimate of drug-likeness (QED) is 0.885. The molecule has 1 heterocycles. The Morgan fingerprint density at radius 2 is 1.94 bits per heavy atom. The smallest absolute Gasteiger partial charge is 0.239 e. The van der Waals surface area contributed by atoms with Crippen LogP contribution in [0.2, 0.25) is 5.02 Å². The predicted octanol–water partition coefficient (Wildman–Crippen LogP) is 1.84. The van der Waals surface area contributed by atoms with Gasteiger partial charge in [0.1, 0.15) is 5.82 Å². The Hall–Kier alpha value is -1.55. The summed E-state index contributed by atoms with van der Waals surface area (Å²) in [4.78, 5) is 4.15. The van der Waals surface area contributed by atoms with Gasteiger partial charge in [-0.1, -0.05) is 23.7 Å². The number of rotatable bonds is 3. The van der Waals surface area contributed by atoms with Gasteiger partial charge in [0.05, 0.1) is 0 Å². The van der Waals surface area contributed by atoms with Crippen molar-refractivity contribution in [3.8, 4) is 0 Å². The first-order chi connectivity index (χ1) is 7.65. The zero-order chi connectivity index (χ0) is 11.5. The normalized spacial score (nSPS) is 10.6. The second-order valence-electron chi connectivity index (χ2n) is 3.64. The van der Waals surface area contributed by atoms with Gasteiger partial charge in [0.15, 0.2) is 0 Å². The summed E-state index contributed by atoms with van der Waals surface area (Å²) in [7, 11) is 1.85. The molecule has 5 heteroatoms. The van der Waals surface area contributed by atoms with Crippen LogP contribution in [0.15, 0.2) is 24.3 Å². The van der Waals surface area contributed by atoms with Crippen LogP contribution in [0, 0.1) is 0 Å². The summed E-state index contributed by atoms with van der Waals surface area (Å²) in [5.74, 6) is 1.22. The fourth-order valence-corrected chi connectivity index (χ4v) is 1.69. The maximum absolute atomic E-state index is 5.81. The lowest BCUT2D eigenvalue weighted by molar-refractivity contribution is 0.694. The Morgan fingerprint density at radius 1 is 1.25 bits per heavy atom. The molecule has 0 radical (unpaired) electrons. The van der Waals surface area contributed by atoms with E-state index >= 15 is 0 Å². The van der Waals surface area contributed by atoms with Gasteiger partial charge in [-0.2, -0.15) is 4.98 Å². The van der Waals surface area contributed by atoms with Crippen molar-refractivity contribution in [1.82, 2.24) is 14.8 Å². The molecule has 0 bridgehead atoms. The fraction of sp³-hybridized carbons (Fsp3) is 0.273.